The van der Waals surface area contributed by atoms with Crippen LogP contribution in [0.5, 0.6) is 0 Å². The molecule has 0 radical (unpaired) electrons. The lowest BCUT2D eigenvalue weighted by atomic mass is 9.73. The number of likely N-dealkylation sites (tertiary alicyclic amines) is 1. The summed E-state index contributed by atoms with van der Waals surface area (Å²) >= 11 is 0. The maximum absolute atomic E-state index is 12.0. The minimum Gasteiger partial charge on any atom is -0.493 e. The molecule has 2 aliphatic rings. The molecule has 2 saturated heterocycles. The summed E-state index contributed by atoms with van der Waals surface area (Å²) < 4.78 is 11.4. The van der Waals surface area contributed by atoms with E-state index >= 15 is 0 Å². The number of hydrogen-bond donors (Lipinski definition) is 0. The van der Waals surface area contributed by atoms with Gasteiger partial charge in [0.2, 0.25) is 0 Å². The summed E-state index contributed by atoms with van der Waals surface area (Å²) in [5, 5.41) is 0. The van der Waals surface area contributed by atoms with Crippen molar-refractivity contribution in [1.82, 2.24) is 4.90 Å². The van der Waals surface area contributed by atoms with Crippen molar-refractivity contribution >= 4 is 5.97 Å². The van der Waals surface area contributed by atoms with Crippen molar-refractivity contribution in [3.63, 3.8) is 0 Å². The molecule has 0 bridgehead atoms. The van der Waals surface area contributed by atoms with Crippen LogP contribution in [0, 0.1) is 5.41 Å². The van der Waals surface area contributed by atoms with Crippen LogP contribution < -0.4 is 0 Å². The van der Waals surface area contributed by atoms with E-state index in [0.29, 0.717) is 6.54 Å². The van der Waals surface area contributed by atoms with E-state index in [1.165, 1.54) is 5.57 Å². The monoisotopic (exact) mass is 321 g/mol. The van der Waals surface area contributed by atoms with Crippen molar-refractivity contribution in [2.45, 2.75) is 59.5 Å². The first-order valence-electron chi connectivity index (χ1n) is 8.74. The molecule has 2 rings (SSSR count). The van der Waals surface area contributed by atoms with Gasteiger partial charge >= 0.3 is 5.97 Å². The van der Waals surface area contributed by atoms with Gasteiger partial charge in [0.25, 0.3) is 0 Å². The van der Waals surface area contributed by atoms with Gasteiger partial charge in [0.15, 0.2) is 0 Å². The number of esters is 1. The molecule has 1 spiro atoms. The number of nitrogens with zero attached hydrogens (tertiary/aromatic N) is 1. The van der Waals surface area contributed by atoms with Gasteiger partial charge in [-0.2, -0.15) is 0 Å². The quantitative estimate of drug-likeness (QED) is 0.743. The average Bonchev–Trinajstić information content (AvgIpc) is 2.78. The van der Waals surface area contributed by atoms with Crippen molar-refractivity contribution in [3.05, 3.63) is 23.5 Å². The molecule has 0 aromatic heterocycles. The van der Waals surface area contributed by atoms with Gasteiger partial charge in [0, 0.05) is 5.41 Å². The maximum atomic E-state index is 12.0. The molecule has 2 aliphatic heterocycles. The molecule has 23 heavy (non-hydrogen) atoms. The van der Waals surface area contributed by atoms with E-state index in [-0.39, 0.29) is 11.4 Å². The molecule has 0 aromatic carbocycles. The van der Waals surface area contributed by atoms with E-state index in [1.807, 2.05) is 20.8 Å². The molecule has 2 heterocycles. The Kier molecular flexibility index (Phi) is 5.56. The van der Waals surface area contributed by atoms with Crippen molar-refractivity contribution in [3.8, 4) is 0 Å². The molecule has 0 atom stereocenters. The topological polar surface area (TPSA) is 38.8 Å². The lowest BCUT2D eigenvalue weighted by molar-refractivity contribution is -0.156. The highest BCUT2D eigenvalue weighted by atomic mass is 16.6. The number of carbonyl (C=O) groups excluding carboxylic acids is 1. The lowest BCUT2D eigenvalue weighted by Gasteiger charge is -2.38. The van der Waals surface area contributed by atoms with Crippen LogP contribution in [-0.4, -0.2) is 42.7 Å². The minimum absolute atomic E-state index is 0.131. The highest BCUT2D eigenvalue weighted by Gasteiger charge is 2.44. The molecular weight excluding hydrogens is 290 g/mol. The number of allylic oxidation sites excluding steroid dienone is 3. The number of ether oxygens (including phenoxy) is 2. The average molecular weight is 321 g/mol. The van der Waals surface area contributed by atoms with E-state index in [1.54, 1.807) is 0 Å². The number of rotatable bonds is 3. The fourth-order valence-electron chi connectivity index (χ4n) is 3.54. The molecule has 2 fully saturated rings. The van der Waals surface area contributed by atoms with Gasteiger partial charge in [-0.05, 0) is 71.7 Å². The molecule has 0 amide bonds. The summed E-state index contributed by atoms with van der Waals surface area (Å²) in [5.74, 6) is 0.935. The van der Waals surface area contributed by atoms with Crippen LogP contribution in [0.1, 0.15) is 53.9 Å². The Bertz CT molecular complexity index is 491. The van der Waals surface area contributed by atoms with Crippen LogP contribution in [0.15, 0.2) is 23.5 Å². The van der Waals surface area contributed by atoms with Gasteiger partial charge in [-0.3, -0.25) is 9.69 Å². The standard InChI is InChI=1S/C19H31NO3/c1-6-8-16-15(7-2)19(14-22-16)9-11-20(12-10-19)13-17(21)23-18(3,4)5/h7-8H,6,9-14H2,1-5H3/b15-7?,16-8+. The van der Waals surface area contributed by atoms with Crippen LogP contribution in [-0.2, 0) is 14.3 Å². The van der Waals surface area contributed by atoms with E-state index in [2.05, 4.69) is 30.9 Å². The Morgan fingerprint density at radius 1 is 1.35 bits per heavy atom. The molecule has 4 nitrogen and oxygen atoms in total. The molecule has 0 unspecified atom stereocenters. The largest absolute Gasteiger partial charge is 0.493 e. The van der Waals surface area contributed by atoms with Gasteiger partial charge in [0.1, 0.15) is 11.4 Å². The van der Waals surface area contributed by atoms with Gasteiger partial charge in [-0.1, -0.05) is 13.0 Å². The Labute approximate surface area is 140 Å². The van der Waals surface area contributed by atoms with E-state index in [0.717, 1.165) is 44.7 Å². The van der Waals surface area contributed by atoms with Gasteiger partial charge in [0.05, 0.1) is 13.2 Å². The summed E-state index contributed by atoms with van der Waals surface area (Å²) in [6.07, 6.45) is 7.45. The molecule has 4 heteroatoms. The number of carbonyl (C=O) groups is 1. The molecular formula is C19H31NO3. The predicted molar refractivity (Wildman–Crippen MR) is 92.0 cm³/mol. The molecule has 0 saturated carbocycles. The number of piperidine rings is 1. The zero-order valence-electron chi connectivity index (χ0n) is 15.3. The van der Waals surface area contributed by atoms with Crippen molar-refractivity contribution < 1.29 is 14.3 Å². The van der Waals surface area contributed by atoms with Crippen LogP contribution in [0.25, 0.3) is 0 Å². The fraction of sp³-hybridized carbons (Fsp3) is 0.737. The summed E-state index contributed by atoms with van der Waals surface area (Å²) in [6, 6.07) is 0. The summed E-state index contributed by atoms with van der Waals surface area (Å²) in [7, 11) is 0. The van der Waals surface area contributed by atoms with Crippen LogP contribution in [0.2, 0.25) is 0 Å². The first kappa shape index (κ1) is 18.1. The third-order valence-electron chi connectivity index (χ3n) is 4.60. The van der Waals surface area contributed by atoms with Gasteiger partial charge < -0.3 is 9.47 Å². The third kappa shape index (κ3) is 4.37. The van der Waals surface area contributed by atoms with Crippen molar-refractivity contribution in [2.24, 2.45) is 5.41 Å². The third-order valence-corrected chi connectivity index (χ3v) is 4.60. The first-order valence-corrected chi connectivity index (χ1v) is 8.74. The maximum Gasteiger partial charge on any atom is 0.320 e. The van der Waals surface area contributed by atoms with Crippen LogP contribution >= 0.6 is 0 Å². The minimum atomic E-state index is -0.411. The predicted octanol–water partition coefficient (Wildman–Crippen LogP) is 3.68. The van der Waals surface area contributed by atoms with Crippen molar-refractivity contribution in [1.29, 1.82) is 0 Å². The zero-order chi connectivity index (χ0) is 17.1. The fourth-order valence-corrected chi connectivity index (χ4v) is 3.54. The Balaban J connectivity index is 1.94. The second-order valence-corrected chi connectivity index (χ2v) is 7.61. The van der Waals surface area contributed by atoms with E-state index < -0.39 is 5.60 Å². The first-order chi connectivity index (χ1) is 10.8. The molecule has 0 aliphatic carbocycles. The highest BCUT2D eigenvalue weighted by molar-refractivity contribution is 5.72. The smallest absolute Gasteiger partial charge is 0.320 e. The van der Waals surface area contributed by atoms with Crippen molar-refractivity contribution in [2.75, 3.05) is 26.2 Å². The van der Waals surface area contributed by atoms with Gasteiger partial charge in [-0.15, -0.1) is 0 Å². The second-order valence-electron chi connectivity index (χ2n) is 7.61. The van der Waals surface area contributed by atoms with E-state index in [4.69, 9.17) is 9.47 Å². The molecule has 0 N–H and O–H groups in total. The Morgan fingerprint density at radius 3 is 2.52 bits per heavy atom. The van der Waals surface area contributed by atoms with Gasteiger partial charge in [-0.25, -0.2) is 0 Å². The SMILES string of the molecule is CC=C1/C(=C\CC)OCC12CCN(CC(=O)OC(C)(C)C)CC2. The lowest BCUT2D eigenvalue weighted by Crippen LogP contribution is -2.44. The number of hydrogen-bond acceptors (Lipinski definition) is 4. The highest BCUT2D eigenvalue weighted by Crippen LogP contribution is 2.47. The zero-order valence-corrected chi connectivity index (χ0v) is 15.3. The summed E-state index contributed by atoms with van der Waals surface area (Å²) in [6.45, 7) is 13.0. The van der Waals surface area contributed by atoms with Crippen LogP contribution in [0.4, 0.5) is 0 Å². The summed E-state index contributed by atoms with van der Waals surface area (Å²) in [4.78, 5) is 14.2. The summed E-state index contributed by atoms with van der Waals surface area (Å²) in [5.41, 5.74) is 1.09. The van der Waals surface area contributed by atoms with Crippen LogP contribution in [0.3, 0.4) is 0 Å². The second kappa shape index (κ2) is 7.08. The normalized spacial score (nSPS) is 25.1. The Morgan fingerprint density at radius 2 is 2.00 bits per heavy atom. The van der Waals surface area contributed by atoms with E-state index in [9.17, 15) is 4.79 Å². The molecule has 0 aromatic rings. The Hall–Kier alpha value is -1.29. The molecule has 130 valence electrons.